The van der Waals surface area contributed by atoms with Crippen LogP contribution in [-0.2, 0) is 4.74 Å². The van der Waals surface area contributed by atoms with Crippen molar-refractivity contribution in [3.8, 4) is 0 Å². The first kappa shape index (κ1) is 15.3. The van der Waals surface area contributed by atoms with Crippen LogP contribution in [0, 0.1) is 0 Å². The summed E-state index contributed by atoms with van der Waals surface area (Å²) in [7, 11) is 1.79. The predicted octanol–water partition coefficient (Wildman–Crippen LogP) is 3.05. The van der Waals surface area contributed by atoms with Crippen LogP contribution >= 0.6 is 22.9 Å². The number of hydrogen-bond donors (Lipinski definition) is 1. The van der Waals surface area contributed by atoms with Gasteiger partial charge in [0.25, 0.3) is 5.91 Å². The fraction of sp³-hybridized carbons (Fsp3) is 0.333. The highest BCUT2D eigenvalue weighted by atomic mass is 35.5. The molecule has 1 aliphatic heterocycles. The number of benzene rings is 1. The van der Waals surface area contributed by atoms with Gasteiger partial charge in [-0.25, -0.2) is 4.98 Å². The number of carbonyl (C=O) groups is 1. The van der Waals surface area contributed by atoms with Gasteiger partial charge in [-0.2, -0.15) is 0 Å². The molecule has 1 aromatic carbocycles. The van der Waals surface area contributed by atoms with Gasteiger partial charge in [0.1, 0.15) is 11.8 Å². The van der Waals surface area contributed by atoms with Crippen molar-refractivity contribution >= 4 is 34.0 Å². The Morgan fingerprint density at radius 2 is 2.23 bits per heavy atom. The highest BCUT2D eigenvalue weighted by Gasteiger charge is 2.27. The van der Waals surface area contributed by atoms with Gasteiger partial charge >= 0.3 is 0 Å². The SMILES string of the molecule is CNc1nc(C(=O)N2CCOC(c3ccc(Cl)cc3)C2)cs1. The highest BCUT2D eigenvalue weighted by Crippen LogP contribution is 2.25. The van der Waals surface area contributed by atoms with Gasteiger partial charge in [-0.05, 0) is 17.7 Å². The van der Waals surface area contributed by atoms with Crippen LogP contribution in [0.25, 0.3) is 0 Å². The van der Waals surface area contributed by atoms with Crippen molar-refractivity contribution in [3.05, 3.63) is 45.9 Å². The van der Waals surface area contributed by atoms with E-state index in [-0.39, 0.29) is 12.0 Å². The van der Waals surface area contributed by atoms with Crippen LogP contribution in [0.4, 0.5) is 5.13 Å². The first-order valence-electron chi connectivity index (χ1n) is 6.97. The van der Waals surface area contributed by atoms with E-state index in [0.717, 1.165) is 10.7 Å². The van der Waals surface area contributed by atoms with Crippen molar-refractivity contribution in [2.75, 3.05) is 32.1 Å². The number of anilines is 1. The van der Waals surface area contributed by atoms with E-state index >= 15 is 0 Å². The number of hydrogen-bond acceptors (Lipinski definition) is 5. The van der Waals surface area contributed by atoms with Crippen LogP contribution < -0.4 is 5.32 Å². The molecule has 0 aliphatic carbocycles. The summed E-state index contributed by atoms with van der Waals surface area (Å²) in [6.45, 7) is 1.62. The van der Waals surface area contributed by atoms with E-state index in [2.05, 4.69) is 10.3 Å². The molecule has 1 atom stereocenters. The second-order valence-corrected chi connectivity index (χ2v) is 6.24. The van der Waals surface area contributed by atoms with Crippen LogP contribution in [0.1, 0.15) is 22.2 Å². The topological polar surface area (TPSA) is 54.5 Å². The van der Waals surface area contributed by atoms with Gasteiger partial charge < -0.3 is 15.0 Å². The maximum atomic E-state index is 12.5. The molecular formula is C15H16ClN3O2S. The highest BCUT2D eigenvalue weighted by molar-refractivity contribution is 7.13. The van der Waals surface area contributed by atoms with E-state index in [4.69, 9.17) is 16.3 Å². The number of morpholine rings is 1. The lowest BCUT2D eigenvalue weighted by Crippen LogP contribution is -2.42. The van der Waals surface area contributed by atoms with Gasteiger partial charge in [0, 0.05) is 24.0 Å². The smallest absolute Gasteiger partial charge is 0.273 e. The van der Waals surface area contributed by atoms with Crippen molar-refractivity contribution in [2.24, 2.45) is 0 Å². The molecule has 22 heavy (non-hydrogen) atoms. The third-order valence-corrected chi connectivity index (χ3v) is 4.64. The normalized spacial score (nSPS) is 18.3. The number of nitrogens with one attached hydrogen (secondary N) is 1. The summed E-state index contributed by atoms with van der Waals surface area (Å²) in [6.07, 6.45) is -0.127. The van der Waals surface area contributed by atoms with Crippen LogP contribution in [0.2, 0.25) is 5.02 Å². The Morgan fingerprint density at radius 3 is 2.91 bits per heavy atom. The summed E-state index contributed by atoms with van der Waals surface area (Å²) in [5, 5.41) is 6.15. The molecule has 0 saturated carbocycles. The number of carbonyl (C=O) groups excluding carboxylic acids is 1. The number of aromatic nitrogens is 1. The number of thiazole rings is 1. The zero-order valence-electron chi connectivity index (χ0n) is 12.1. The first-order valence-corrected chi connectivity index (χ1v) is 8.23. The van der Waals surface area contributed by atoms with Crippen molar-refractivity contribution in [3.63, 3.8) is 0 Å². The van der Waals surface area contributed by atoms with E-state index in [1.165, 1.54) is 11.3 Å². The molecule has 0 bridgehead atoms. The van der Waals surface area contributed by atoms with E-state index in [1.807, 2.05) is 24.3 Å². The van der Waals surface area contributed by atoms with Gasteiger partial charge in [-0.15, -0.1) is 11.3 Å². The molecule has 3 rings (SSSR count). The lowest BCUT2D eigenvalue weighted by atomic mass is 10.1. The molecule has 1 aliphatic rings. The average molecular weight is 338 g/mol. The molecule has 1 saturated heterocycles. The molecule has 5 nitrogen and oxygen atoms in total. The molecule has 116 valence electrons. The van der Waals surface area contributed by atoms with E-state index in [0.29, 0.717) is 30.4 Å². The number of halogens is 1. The number of ether oxygens (including phenoxy) is 1. The van der Waals surface area contributed by atoms with Crippen LogP contribution in [0.3, 0.4) is 0 Å². The average Bonchev–Trinajstić information content (AvgIpc) is 3.04. The zero-order chi connectivity index (χ0) is 15.5. The largest absolute Gasteiger partial charge is 0.370 e. The Labute approximate surface area is 137 Å². The van der Waals surface area contributed by atoms with E-state index < -0.39 is 0 Å². The minimum Gasteiger partial charge on any atom is -0.370 e. The molecule has 0 spiro atoms. The second kappa shape index (κ2) is 6.64. The Morgan fingerprint density at radius 1 is 1.45 bits per heavy atom. The van der Waals surface area contributed by atoms with Crippen molar-refractivity contribution < 1.29 is 9.53 Å². The summed E-state index contributed by atoms with van der Waals surface area (Å²) < 4.78 is 5.78. The summed E-state index contributed by atoms with van der Waals surface area (Å²) in [5.41, 5.74) is 1.50. The summed E-state index contributed by atoms with van der Waals surface area (Å²) in [4.78, 5) is 18.6. The molecule has 7 heteroatoms. The Kier molecular flexibility index (Phi) is 4.61. The molecule has 1 unspecified atom stereocenters. The summed E-state index contributed by atoms with van der Waals surface area (Å²) in [5.74, 6) is -0.0555. The maximum Gasteiger partial charge on any atom is 0.273 e. The van der Waals surface area contributed by atoms with Gasteiger partial charge in [0.2, 0.25) is 0 Å². The quantitative estimate of drug-likeness (QED) is 0.935. The third-order valence-electron chi connectivity index (χ3n) is 3.53. The Hall–Kier alpha value is -1.63. The minimum atomic E-state index is -0.127. The Bertz CT molecular complexity index is 659. The zero-order valence-corrected chi connectivity index (χ0v) is 13.7. The summed E-state index contributed by atoms with van der Waals surface area (Å²) >= 11 is 7.33. The molecule has 1 aromatic heterocycles. The molecule has 2 heterocycles. The summed E-state index contributed by atoms with van der Waals surface area (Å²) in [6, 6.07) is 7.53. The second-order valence-electron chi connectivity index (χ2n) is 4.95. The predicted molar refractivity (Wildman–Crippen MR) is 87.7 cm³/mol. The Balaban J connectivity index is 1.72. The molecule has 2 aromatic rings. The van der Waals surface area contributed by atoms with Gasteiger partial charge in [0.05, 0.1) is 13.2 Å². The fourth-order valence-corrected chi connectivity index (χ4v) is 3.13. The van der Waals surface area contributed by atoms with Crippen molar-refractivity contribution in [1.29, 1.82) is 0 Å². The van der Waals surface area contributed by atoms with Crippen LogP contribution in [0.5, 0.6) is 0 Å². The number of amides is 1. The fourth-order valence-electron chi connectivity index (χ4n) is 2.36. The molecule has 1 amide bonds. The van der Waals surface area contributed by atoms with Gasteiger partial charge in [0.15, 0.2) is 5.13 Å². The van der Waals surface area contributed by atoms with Crippen LogP contribution in [-0.4, -0.2) is 42.5 Å². The lowest BCUT2D eigenvalue weighted by molar-refractivity contribution is -0.0229. The minimum absolute atomic E-state index is 0.0555. The molecule has 1 N–H and O–H groups in total. The molecular weight excluding hydrogens is 322 g/mol. The monoisotopic (exact) mass is 337 g/mol. The van der Waals surface area contributed by atoms with E-state index in [9.17, 15) is 4.79 Å². The standard InChI is InChI=1S/C15H16ClN3O2S/c1-17-15-18-12(9-22-15)14(20)19-6-7-21-13(8-19)10-2-4-11(16)5-3-10/h2-5,9,13H,6-8H2,1H3,(H,17,18). The van der Waals surface area contributed by atoms with Crippen molar-refractivity contribution in [2.45, 2.75) is 6.10 Å². The molecule has 1 fully saturated rings. The van der Waals surface area contributed by atoms with Gasteiger partial charge in [-0.1, -0.05) is 23.7 Å². The molecule has 0 radical (unpaired) electrons. The van der Waals surface area contributed by atoms with Crippen molar-refractivity contribution in [1.82, 2.24) is 9.88 Å². The van der Waals surface area contributed by atoms with E-state index in [1.54, 1.807) is 17.3 Å². The third kappa shape index (κ3) is 3.24. The maximum absolute atomic E-state index is 12.5. The first-order chi connectivity index (χ1) is 10.7. The van der Waals surface area contributed by atoms with Gasteiger partial charge in [-0.3, -0.25) is 4.79 Å². The lowest BCUT2D eigenvalue weighted by Gasteiger charge is -2.32. The number of nitrogens with zero attached hydrogens (tertiary/aromatic N) is 2. The number of rotatable bonds is 3. The van der Waals surface area contributed by atoms with Crippen LogP contribution in [0.15, 0.2) is 29.6 Å².